The molecule has 1 aromatic carbocycles. The van der Waals surface area contributed by atoms with Crippen molar-refractivity contribution in [2.24, 2.45) is 5.73 Å². The van der Waals surface area contributed by atoms with Gasteiger partial charge in [0.25, 0.3) is 0 Å². The molecule has 1 saturated heterocycles. The minimum absolute atomic E-state index is 0.0962. The second-order valence-electron chi connectivity index (χ2n) is 5.76. The van der Waals surface area contributed by atoms with E-state index in [2.05, 4.69) is 57.0 Å². The van der Waals surface area contributed by atoms with Gasteiger partial charge in [-0.1, -0.05) is 24.3 Å². The van der Waals surface area contributed by atoms with Gasteiger partial charge >= 0.3 is 0 Å². The topological polar surface area (TPSA) is 38.5 Å². The van der Waals surface area contributed by atoms with E-state index in [1.54, 1.807) is 0 Å². The molecule has 0 aliphatic carbocycles. The first-order chi connectivity index (χ1) is 9.02. The molecule has 0 radical (unpaired) electrons. The molecule has 19 heavy (non-hydrogen) atoms. The van der Waals surface area contributed by atoms with Gasteiger partial charge < -0.3 is 10.5 Å². The highest BCUT2D eigenvalue weighted by molar-refractivity contribution is 5.30. The van der Waals surface area contributed by atoms with Gasteiger partial charge in [-0.2, -0.15) is 0 Å². The van der Waals surface area contributed by atoms with Crippen molar-refractivity contribution in [1.82, 2.24) is 4.90 Å². The van der Waals surface area contributed by atoms with Crippen molar-refractivity contribution in [2.45, 2.75) is 51.4 Å². The van der Waals surface area contributed by atoms with Crippen LogP contribution in [-0.4, -0.2) is 36.7 Å². The summed E-state index contributed by atoms with van der Waals surface area (Å²) in [6, 6.07) is 9.33. The summed E-state index contributed by atoms with van der Waals surface area (Å²) in [7, 11) is 2.18. The Hall–Kier alpha value is -0.900. The molecular formula is C16H26N2O. The van der Waals surface area contributed by atoms with Gasteiger partial charge in [0.2, 0.25) is 0 Å². The summed E-state index contributed by atoms with van der Waals surface area (Å²) in [5.74, 6) is 0. The second-order valence-corrected chi connectivity index (χ2v) is 5.76. The first-order valence-electron chi connectivity index (χ1n) is 7.17. The van der Waals surface area contributed by atoms with E-state index in [-0.39, 0.29) is 18.2 Å². The number of rotatable bonds is 4. The van der Waals surface area contributed by atoms with E-state index in [9.17, 15) is 0 Å². The van der Waals surface area contributed by atoms with E-state index in [0.29, 0.717) is 6.04 Å². The highest BCUT2D eigenvalue weighted by Crippen LogP contribution is 2.31. The third-order valence-corrected chi connectivity index (χ3v) is 4.30. The zero-order valence-corrected chi connectivity index (χ0v) is 12.5. The van der Waals surface area contributed by atoms with Crippen molar-refractivity contribution < 1.29 is 4.74 Å². The van der Waals surface area contributed by atoms with E-state index in [1.807, 2.05) is 0 Å². The van der Waals surface area contributed by atoms with Crippen LogP contribution in [0.1, 0.15) is 37.4 Å². The van der Waals surface area contributed by atoms with Crippen LogP contribution in [0.15, 0.2) is 24.3 Å². The maximum atomic E-state index is 6.27. The maximum absolute atomic E-state index is 6.27. The maximum Gasteiger partial charge on any atom is 0.0703 e. The second kappa shape index (κ2) is 6.04. The first-order valence-corrected chi connectivity index (χ1v) is 7.17. The molecule has 0 aromatic heterocycles. The molecule has 0 bridgehead atoms. The van der Waals surface area contributed by atoms with Crippen LogP contribution in [0.2, 0.25) is 0 Å². The van der Waals surface area contributed by atoms with Gasteiger partial charge in [-0.3, -0.25) is 4.90 Å². The van der Waals surface area contributed by atoms with E-state index >= 15 is 0 Å². The fraction of sp³-hybridized carbons (Fsp3) is 0.625. The standard InChI is InChI=1S/C16H26N2O/c1-11-7-5-6-8-14(11)16(12(2)17)18(4)15-9-10-19-13(15)3/h5-8,12-13,15-16H,9-10,17H2,1-4H3. The lowest BCUT2D eigenvalue weighted by Crippen LogP contribution is -2.45. The number of aryl methyl sites for hydroxylation is 1. The lowest BCUT2D eigenvalue weighted by atomic mass is 9.93. The Morgan fingerprint density at radius 3 is 2.58 bits per heavy atom. The molecule has 106 valence electrons. The number of hydrogen-bond donors (Lipinski definition) is 1. The number of ether oxygens (including phenoxy) is 1. The number of hydrogen-bond acceptors (Lipinski definition) is 3. The highest BCUT2D eigenvalue weighted by atomic mass is 16.5. The van der Waals surface area contributed by atoms with Gasteiger partial charge in [-0.25, -0.2) is 0 Å². The van der Waals surface area contributed by atoms with Crippen LogP contribution in [0, 0.1) is 6.92 Å². The van der Waals surface area contributed by atoms with Crippen LogP contribution in [0.25, 0.3) is 0 Å². The summed E-state index contributed by atoms with van der Waals surface area (Å²) < 4.78 is 5.70. The zero-order chi connectivity index (χ0) is 14.0. The summed E-state index contributed by atoms with van der Waals surface area (Å²) in [5, 5.41) is 0. The summed E-state index contributed by atoms with van der Waals surface area (Å²) in [5.41, 5.74) is 8.91. The molecule has 3 nitrogen and oxygen atoms in total. The smallest absolute Gasteiger partial charge is 0.0703 e. The normalized spacial score (nSPS) is 26.6. The average molecular weight is 262 g/mol. The fourth-order valence-corrected chi connectivity index (χ4v) is 3.25. The minimum atomic E-state index is 0.0962. The van der Waals surface area contributed by atoms with Crippen LogP contribution < -0.4 is 5.73 Å². The molecule has 2 N–H and O–H groups in total. The van der Waals surface area contributed by atoms with Crippen molar-refractivity contribution in [3.63, 3.8) is 0 Å². The van der Waals surface area contributed by atoms with Gasteiger partial charge in [-0.05, 0) is 45.4 Å². The molecule has 1 aliphatic rings. The third-order valence-electron chi connectivity index (χ3n) is 4.30. The number of benzene rings is 1. The number of nitrogens with zero attached hydrogens (tertiary/aromatic N) is 1. The molecule has 0 saturated carbocycles. The van der Waals surface area contributed by atoms with Crippen molar-refractivity contribution in [3.8, 4) is 0 Å². The Labute approximate surface area is 116 Å². The van der Waals surface area contributed by atoms with Crippen LogP contribution in [0.3, 0.4) is 0 Å². The molecule has 1 heterocycles. The van der Waals surface area contributed by atoms with Crippen LogP contribution in [-0.2, 0) is 4.74 Å². The number of nitrogens with two attached hydrogens (primary N) is 1. The molecule has 1 aromatic rings. The summed E-state index contributed by atoms with van der Waals surface area (Å²) in [6.07, 6.45) is 1.38. The molecule has 1 fully saturated rings. The summed E-state index contributed by atoms with van der Waals surface area (Å²) >= 11 is 0. The molecule has 0 spiro atoms. The predicted molar refractivity (Wildman–Crippen MR) is 79.2 cm³/mol. The minimum Gasteiger partial charge on any atom is -0.377 e. The van der Waals surface area contributed by atoms with Crippen LogP contribution in [0.4, 0.5) is 0 Å². The molecule has 0 amide bonds. The van der Waals surface area contributed by atoms with E-state index < -0.39 is 0 Å². The Kier molecular flexibility index (Phi) is 4.61. The Bertz CT molecular complexity index is 419. The first kappa shape index (κ1) is 14.5. The Morgan fingerprint density at radius 1 is 1.37 bits per heavy atom. The summed E-state index contributed by atoms with van der Waals surface area (Å²) in [4.78, 5) is 2.41. The van der Waals surface area contributed by atoms with Crippen LogP contribution >= 0.6 is 0 Å². The average Bonchev–Trinajstić information content (AvgIpc) is 2.77. The quantitative estimate of drug-likeness (QED) is 0.906. The van der Waals surface area contributed by atoms with Crippen molar-refractivity contribution in [2.75, 3.05) is 13.7 Å². The molecule has 2 rings (SSSR count). The number of likely N-dealkylation sites (N-methyl/N-ethyl adjacent to an activating group) is 1. The lowest BCUT2D eigenvalue weighted by molar-refractivity contribution is 0.0624. The summed E-state index contributed by atoms with van der Waals surface area (Å²) in [6.45, 7) is 7.26. The Balaban J connectivity index is 2.28. The lowest BCUT2D eigenvalue weighted by Gasteiger charge is -2.37. The molecule has 1 aliphatic heterocycles. The molecule has 4 atom stereocenters. The van der Waals surface area contributed by atoms with E-state index in [0.717, 1.165) is 13.0 Å². The van der Waals surface area contributed by atoms with Gasteiger partial charge in [-0.15, -0.1) is 0 Å². The molecule has 4 unspecified atom stereocenters. The van der Waals surface area contributed by atoms with Crippen LogP contribution in [0.5, 0.6) is 0 Å². The SMILES string of the molecule is Cc1ccccc1C(C(C)N)N(C)C1CCOC1C. The highest BCUT2D eigenvalue weighted by Gasteiger charge is 2.34. The Morgan fingerprint density at radius 2 is 2.05 bits per heavy atom. The monoisotopic (exact) mass is 262 g/mol. The zero-order valence-electron chi connectivity index (χ0n) is 12.5. The van der Waals surface area contributed by atoms with Gasteiger partial charge in [0.1, 0.15) is 0 Å². The fourth-order valence-electron chi connectivity index (χ4n) is 3.25. The third kappa shape index (κ3) is 2.99. The molecule has 3 heteroatoms. The molecular weight excluding hydrogens is 236 g/mol. The van der Waals surface area contributed by atoms with Crippen molar-refractivity contribution in [3.05, 3.63) is 35.4 Å². The van der Waals surface area contributed by atoms with Crippen molar-refractivity contribution in [1.29, 1.82) is 0 Å². The van der Waals surface area contributed by atoms with E-state index in [1.165, 1.54) is 11.1 Å². The van der Waals surface area contributed by atoms with Crippen molar-refractivity contribution >= 4 is 0 Å². The van der Waals surface area contributed by atoms with E-state index in [4.69, 9.17) is 10.5 Å². The van der Waals surface area contributed by atoms with Gasteiger partial charge in [0.15, 0.2) is 0 Å². The van der Waals surface area contributed by atoms with Gasteiger partial charge in [0.05, 0.1) is 6.10 Å². The largest absolute Gasteiger partial charge is 0.377 e. The predicted octanol–water partition coefficient (Wildman–Crippen LogP) is 2.49. The van der Waals surface area contributed by atoms with Gasteiger partial charge in [0, 0.05) is 24.7 Å².